The van der Waals surface area contributed by atoms with Gasteiger partial charge in [0.05, 0.1) is 12.3 Å². The molecule has 0 saturated carbocycles. The van der Waals surface area contributed by atoms with E-state index in [1.807, 2.05) is 0 Å². The van der Waals surface area contributed by atoms with Gasteiger partial charge in [0.15, 0.2) is 0 Å². The van der Waals surface area contributed by atoms with Gasteiger partial charge in [0, 0.05) is 18.8 Å². The molecule has 0 aliphatic heterocycles. The first-order chi connectivity index (χ1) is 5.13. The third-order valence-electron chi connectivity index (χ3n) is 1.06. The summed E-state index contributed by atoms with van der Waals surface area (Å²) in [6.07, 6.45) is -1.63. The summed E-state index contributed by atoms with van der Waals surface area (Å²) in [6.45, 7) is -0.520. The van der Waals surface area contributed by atoms with E-state index >= 15 is 0 Å². The zero-order valence-corrected chi connectivity index (χ0v) is 6.09. The molecule has 0 amide bonds. The fourth-order valence-corrected chi connectivity index (χ4v) is 0.503. The van der Waals surface area contributed by atoms with Crippen LogP contribution in [0.4, 0.5) is 8.78 Å². The Labute approximate surface area is 63.2 Å². The molecule has 3 nitrogen and oxygen atoms in total. The largest absolute Gasteiger partial charge is 0.397 e. The van der Waals surface area contributed by atoms with Gasteiger partial charge in [-0.1, -0.05) is 0 Å². The molecule has 0 aromatic heterocycles. The molecular weight excluding hydrogens is 154 g/mol. The second-order valence-corrected chi connectivity index (χ2v) is 1.83. The van der Waals surface area contributed by atoms with Crippen molar-refractivity contribution < 1.29 is 13.9 Å². The molecule has 64 valence electrons. The lowest BCUT2D eigenvalue weighted by atomic mass is 10.2. The topological polar surface area (TPSA) is 58.6 Å². The molecule has 3 N–H and O–H groups in total. The highest BCUT2D eigenvalue weighted by molar-refractivity contribution is 5.79. The van der Waals surface area contributed by atoms with Crippen LogP contribution in [0.3, 0.4) is 0 Å². The van der Waals surface area contributed by atoms with Crippen molar-refractivity contribution in [2.75, 3.05) is 13.7 Å². The molecule has 0 heterocycles. The number of nitrogens with zero attached hydrogens (tertiary/aromatic N) is 1. The van der Waals surface area contributed by atoms with Crippen LogP contribution in [0.1, 0.15) is 0 Å². The first-order valence-corrected chi connectivity index (χ1v) is 2.93. The third-order valence-corrected chi connectivity index (χ3v) is 1.06. The molecule has 11 heavy (non-hydrogen) atoms. The fraction of sp³-hybridized carbons (Fsp3) is 0.500. The van der Waals surface area contributed by atoms with Gasteiger partial charge in [-0.05, 0) is 0 Å². The highest BCUT2D eigenvalue weighted by Gasteiger charge is 2.10. The maximum Gasteiger partial charge on any atom is 0.278 e. The van der Waals surface area contributed by atoms with Gasteiger partial charge in [-0.2, -0.15) is 0 Å². The number of aliphatic hydroxyl groups is 1. The van der Waals surface area contributed by atoms with Gasteiger partial charge in [0.25, 0.3) is 6.43 Å². The highest BCUT2D eigenvalue weighted by atomic mass is 19.3. The summed E-state index contributed by atoms with van der Waals surface area (Å²) in [4.78, 5) is 3.45. The molecule has 0 aliphatic rings. The van der Waals surface area contributed by atoms with Crippen molar-refractivity contribution in [2.24, 2.45) is 10.7 Å². The van der Waals surface area contributed by atoms with Gasteiger partial charge < -0.3 is 10.8 Å². The normalized spacial score (nSPS) is 14.3. The minimum Gasteiger partial charge on any atom is -0.397 e. The lowest BCUT2D eigenvalue weighted by Gasteiger charge is -2.02. The number of alkyl halides is 2. The summed E-state index contributed by atoms with van der Waals surface area (Å²) in [5.74, 6) is 0. The summed E-state index contributed by atoms with van der Waals surface area (Å²) in [6, 6.07) is 0. The number of nitrogens with two attached hydrogens (primary N) is 1. The van der Waals surface area contributed by atoms with Gasteiger partial charge in [-0.15, -0.1) is 0 Å². The van der Waals surface area contributed by atoms with Crippen LogP contribution in [-0.2, 0) is 0 Å². The molecule has 0 radical (unpaired) electrons. The molecule has 0 unspecified atom stereocenters. The highest BCUT2D eigenvalue weighted by Crippen LogP contribution is 2.05. The average molecular weight is 164 g/mol. The standard InChI is InChI=1S/C6H10F2N2O/c1-10-2-4(3-11)5(9)6(7)8/h2,6,11H,3,9H2,1H3/b5-4+,10-2?. The fourth-order valence-electron chi connectivity index (χ4n) is 0.503. The van der Waals surface area contributed by atoms with Crippen molar-refractivity contribution in [3.05, 3.63) is 11.3 Å². The summed E-state index contributed by atoms with van der Waals surface area (Å²) >= 11 is 0. The Balaban J connectivity index is 4.53. The summed E-state index contributed by atoms with van der Waals surface area (Å²) < 4.78 is 23.7. The van der Waals surface area contributed by atoms with Crippen molar-refractivity contribution in [3.8, 4) is 0 Å². The zero-order valence-electron chi connectivity index (χ0n) is 6.09. The molecule has 0 aliphatic carbocycles. The number of rotatable bonds is 3. The molecule has 5 heteroatoms. The van der Waals surface area contributed by atoms with E-state index in [0.717, 1.165) is 6.21 Å². The Morgan fingerprint density at radius 2 is 2.27 bits per heavy atom. The minimum absolute atomic E-state index is 0.0394. The molecule has 0 bridgehead atoms. The van der Waals surface area contributed by atoms with Crippen LogP contribution in [0, 0.1) is 0 Å². The van der Waals surface area contributed by atoms with Crippen LogP contribution >= 0.6 is 0 Å². The van der Waals surface area contributed by atoms with Crippen LogP contribution in [0.5, 0.6) is 0 Å². The first kappa shape index (κ1) is 10.0. The van der Waals surface area contributed by atoms with E-state index in [4.69, 9.17) is 10.8 Å². The van der Waals surface area contributed by atoms with Crippen molar-refractivity contribution in [3.63, 3.8) is 0 Å². The number of aliphatic imine (C=N–C) groups is 1. The van der Waals surface area contributed by atoms with E-state index in [2.05, 4.69) is 4.99 Å². The quantitative estimate of drug-likeness (QED) is 0.583. The molecule has 0 aromatic rings. The molecule has 0 aromatic carbocycles. The average Bonchev–Trinajstić information content (AvgIpc) is 1.98. The van der Waals surface area contributed by atoms with Gasteiger partial charge in [-0.25, -0.2) is 8.78 Å². The monoisotopic (exact) mass is 164 g/mol. The number of halogens is 2. The molecular formula is C6H10F2N2O. The lowest BCUT2D eigenvalue weighted by molar-refractivity contribution is 0.185. The Kier molecular flexibility index (Phi) is 4.36. The van der Waals surface area contributed by atoms with Crippen LogP contribution in [0.25, 0.3) is 0 Å². The van der Waals surface area contributed by atoms with E-state index in [1.54, 1.807) is 0 Å². The van der Waals surface area contributed by atoms with Crippen molar-refractivity contribution in [1.82, 2.24) is 0 Å². The Bertz CT molecular complexity index is 177. The van der Waals surface area contributed by atoms with Crippen LogP contribution in [0.15, 0.2) is 16.3 Å². The zero-order chi connectivity index (χ0) is 8.85. The molecule has 0 spiro atoms. The summed E-state index contributed by atoms with van der Waals surface area (Å²) in [5, 5.41) is 8.51. The first-order valence-electron chi connectivity index (χ1n) is 2.93. The Morgan fingerprint density at radius 1 is 1.73 bits per heavy atom. The predicted molar refractivity (Wildman–Crippen MR) is 38.7 cm³/mol. The summed E-state index contributed by atoms with van der Waals surface area (Å²) in [5.41, 5.74) is 4.27. The molecule has 0 saturated heterocycles. The van der Waals surface area contributed by atoms with Crippen LogP contribution in [0.2, 0.25) is 0 Å². The maximum atomic E-state index is 11.8. The van der Waals surface area contributed by atoms with Crippen molar-refractivity contribution in [2.45, 2.75) is 6.43 Å². The molecule has 0 atom stereocenters. The van der Waals surface area contributed by atoms with E-state index in [-0.39, 0.29) is 5.57 Å². The number of allylic oxidation sites excluding steroid dienone is 1. The minimum atomic E-state index is -2.74. The maximum absolute atomic E-state index is 11.8. The second-order valence-electron chi connectivity index (χ2n) is 1.83. The Morgan fingerprint density at radius 3 is 2.55 bits per heavy atom. The lowest BCUT2D eigenvalue weighted by Crippen LogP contribution is -2.14. The second kappa shape index (κ2) is 4.79. The SMILES string of the molecule is CN=C/C(CO)=C(\N)C(F)F. The Hall–Kier alpha value is -0.970. The molecule has 0 fully saturated rings. The predicted octanol–water partition coefficient (Wildman–Crippen LogP) is 0.157. The van der Waals surface area contributed by atoms with Crippen LogP contribution < -0.4 is 5.73 Å². The van der Waals surface area contributed by atoms with Crippen LogP contribution in [-0.4, -0.2) is 31.4 Å². The van der Waals surface area contributed by atoms with E-state index in [9.17, 15) is 8.78 Å². The van der Waals surface area contributed by atoms with E-state index in [0.29, 0.717) is 0 Å². The summed E-state index contributed by atoms with van der Waals surface area (Å²) in [7, 11) is 1.41. The molecule has 0 rings (SSSR count). The van der Waals surface area contributed by atoms with E-state index in [1.165, 1.54) is 7.05 Å². The van der Waals surface area contributed by atoms with Gasteiger partial charge in [0.1, 0.15) is 0 Å². The van der Waals surface area contributed by atoms with Gasteiger partial charge in [0.2, 0.25) is 0 Å². The van der Waals surface area contributed by atoms with Gasteiger partial charge >= 0.3 is 0 Å². The van der Waals surface area contributed by atoms with Crippen molar-refractivity contribution in [1.29, 1.82) is 0 Å². The van der Waals surface area contributed by atoms with Crippen molar-refractivity contribution >= 4 is 6.21 Å². The van der Waals surface area contributed by atoms with E-state index < -0.39 is 18.7 Å². The van der Waals surface area contributed by atoms with Gasteiger partial charge in [-0.3, -0.25) is 4.99 Å². The number of hydrogen-bond donors (Lipinski definition) is 2. The smallest absolute Gasteiger partial charge is 0.278 e. The third kappa shape index (κ3) is 3.08. The number of aliphatic hydroxyl groups excluding tert-OH is 1. The number of hydrogen-bond acceptors (Lipinski definition) is 3.